The van der Waals surface area contributed by atoms with Crippen LogP contribution in [0.3, 0.4) is 0 Å². The van der Waals surface area contributed by atoms with Gasteiger partial charge in [-0.25, -0.2) is 9.18 Å². The van der Waals surface area contributed by atoms with Crippen LogP contribution in [0.15, 0.2) is 40.1 Å². The van der Waals surface area contributed by atoms with Crippen molar-refractivity contribution in [3.05, 3.63) is 68.2 Å². The molecule has 0 saturated heterocycles. The Kier molecular flexibility index (Phi) is 4.33. The Labute approximate surface area is 120 Å². The van der Waals surface area contributed by atoms with E-state index in [2.05, 4.69) is 0 Å². The van der Waals surface area contributed by atoms with Gasteiger partial charge in [-0.2, -0.15) is 5.26 Å². The molecule has 0 radical (unpaired) electrons. The van der Waals surface area contributed by atoms with E-state index in [1.165, 1.54) is 29.0 Å². The van der Waals surface area contributed by atoms with E-state index < -0.39 is 17.1 Å². The Bertz CT molecular complexity index is 815. The first-order valence-electron chi connectivity index (χ1n) is 6.55. The summed E-state index contributed by atoms with van der Waals surface area (Å²) in [4.78, 5) is 24.0. The van der Waals surface area contributed by atoms with E-state index >= 15 is 0 Å². The fourth-order valence-corrected chi connectivity index (χ4v) is 2.05. The molecule has 0 aliphatic heterocycles. The Morgan fingerprint density at radius 1 is 1.29 bits per heavy atom. The van der Waals surface area contributed by atoms with E-state index in [0.717, 1.165) is 17.1 Å². The van der Waals surface area contributed by atoms with Gasteiger partial charge in [0, 0.05) is 18.8 Å². The lowest BCUT2D eigenvalue weighted by Crippen LogP contribution is -2.39. The van der Waals surface area contributed by atoms with Gasteiger partial charge in [0.2, 0.25) is 0 Å². The number of benzene rings is 1. The predicted octanol–water partition coefficient (Wildman–Crippen LogP) is 1.48. The maximum Gasteiger partial charge on any atom is 0.331 e. The summed E-state index contributed by atoms with van der Waals surface area (Å²) < 4.78 is 15.8. The molecular formula is C15H14FN3O2. The Morgan fingerprint density at radius 3 is 2.71 bits per heavy atom. The van der Waals surface area contributed by atoms with E-state index in [1.54, 1.807) is 6.07 Å². The molecule has 0 N–H and O–H groups in total. The van der Waals surface area contributed by atoms with Crippen molar-refractivity contribution in [1.82, 2.24) is 9.13 Å². The minimum Gasteiger partial charge on any atom is -0.300 e. The van der Waals surface area contributed by atoms with Crippen molar-refractivity contribution in [2.45, 2.75) is 26.4 Å². The number of hydrogen-bond acceptors (Lipinski definition) is 3. The highest BCUT2D eigenvalue weighted by Gasteiger charge is 2.08. The third kappa shape index (κ3) is 3.08. The monoisotopic (exact) mass is 287 g/mol. The van der Waals surface area contributed by atoms with Crippen molar-refractivity contribution in [3.63, 3.8) is 0 Å². The first-order valence-corrected chi connectivity index (χ1v) is 6.55. The largest absolute Gasteiger partial charge is 0.331 e. The Hall–Kier alpha value is -2.68. The van der Waals surface area contributed by atoms with Crippen LogP contribution in [0.25, 0.3) is 0 Å². The van der Waals surface area contributed by atoms with Crippen LogP contribution < -0.4 is 11.2 Å². The lowest BCUT2D eigenvalue weighted by molar-refractivity contribution is 0.569. The molecule has 1 aromatic heterocycles. The average molecular weight is 287 g/mol. The molecule has 5 nitrogen and oxygen atoms in total. The van der Waals surface area contributed by atoms with Gasteiger partial charge in [0.15, 0.2) is 0 Å². The third-order valence-electron chi connectivity index (χ3n) is 3.10. The molecule has 0 fully saturated rings. The van der Waals surface area contributed by atoms with Gasteiger partial charge in [-0.15, -0.1) is 0 Å². The number of hydrogen-bond donors (Lipinski definition) is 0. The second-order valence-electron chi connectivity index (χ2n) is 4.64. The molecule has 2 rings (SSSR count). The summed E-state index contributed by atoms with van der Waals surface area (Å²) in [7, 11) is 0. The number of aryl methyl sites for hydroxylation is 1. The van der Waals surface area contributed by atoms with Crippen LogP contribution in [0, 0.1) is 17.1 Å². The van der Waals surface area contributed by atoms with E-state index in [1.807, 2.05) is 6.92 Å². The number of halogens is 1. The third-order valence-corrected chi connectivity index (χ3v) is 3.10. The molecule has 6 heteroatoms. The quantitative estimate of drug-likeness (QED) is 0.855. The SMILES string of the molecule is CCCn1ccc(=O)n(Cc2ccc(F)c(C#N)c2)c1=O. The molecule has 21 heavy (non-hydrogen) atoms. The van der Waals surface area contributed by atoms with Crippen LogP contribution in [-0.4, -0.2) is 9.13 Å². The molecule has 2 aromatic rings. The maximum absolute atomic E-state index is 13.3. The zero-order valence-corrected chi connectivity index (χ0v) is 11.5. The van der Waals surface area contributed by atoms with Crippen molar-refractivity contribution in [3.8, 4) is 6.07 Å². The van der Waals surface area contributed by atoms with E-state index in [9.17, 15) is 14.0 Å². The second kappa shape index (κ2) is 6.18. The fraction of sp³-hybridized carbons (Fsp3) is 0.267. The van der Waals surface area contributed by atoms with Gasteiger partial charge in [0.05, 0.1) is 12.1 Å². The number of aromatic nitrogens is 2. The number of nitrogens with zero attached hydrogens (tertiary/aromatic N) is 3. The van der Waals surface area contributed by atoms with Gasteiger partial charge < -0.3 is 4.57 Å². The normalized spacial score (nSPS) is 10.3. The van der Waals surface area contributed by atoms with Gasteiger partial charge in [0.25, 0.3) is 5.56 Å². The van der Waals surface area contributed by atoms with Crippen LogP contribution in [0.5, 0.6) is 0 Å². The molecule has 0 unspecified atom stereocenters. The van der Waals surface area contributed by atoms with Gasteiger partial charge in [-0.1, -0.05) is 13.0 Å². The molecule has 0 saturated carbocycles. The number of nitriles is 1. The van der Waals surface area contributed by atoms with Gasteiger partial charge in [0.1, 0.15) is 11.9 Å². The van der Waals surface area contributed by atoms with Crippen molar-refractivity contribution in [1.29, 1.82) is 5.26 Å². The summed E-state index contributed by atoms with van der Waals surface area (Å²) in [5, 5.41) is 8.81. The summed E-state index contributed by atoms with van der Waals surface area (Å²) in [6.45, 7) is 2.46. The van der Waals surface area contributed by atoms with Crippen molar-refractivity contribution >= 4 is 0 Å². The lowest BCUT2D eigenvalue weighted by atomic mass is 10.1. The Morgan fingerprint density at radius 2 is 2.05 bits per heavy atom. The van der Waals surface area contributed by atoms with Crippen LogP contribution in [0.4, 0.5) is 4.39 Å². The summed E-state index contributed by atoms with van der Waals surface area (Å²) in [6, 6.07) is 7.02. The molecule has 108 valence electrons. The molecule has 0 aliphatic carbocycles. The first kappa shape index (κ1) is 14.7. The molecule has 0 amide bonds. The van der Waals surface area contributed by atoms with Crippen molar-refractivity contribution in [2.24, 2.45) is 0 Å². The minimum absolute atomic E-state index is 0.0111. The Balaban J connectivity index is 2.45. The highest BCUT2D eigenvalue weighted by Crippen LogP contribution is 2.09. The highest BCUT2D eigenvalue weighted by molar-refractivity contribution is 5.34. The van der Waals surface area contributed by atoms with Crippen LogP contribution in [0.2, 0.25) is 0 Å². The minimum atomic E-state index is -0.620. The molecular weight excluding hydrogens is 273 g/mol. The highest BCUT2D eigenvalue weighted by atomic mass is 19.1. The lowest BCUT2D eigenvalue weighted by Gasteiger charge is -2.09. The van der Waals surface area contributed by atoms with Crippen molar-refractivity contribution in [2.75, 3.05) is 0 Å². The van der Waals surface area contributed by atoms with E-state index in [4.69, 9.17) is 5.26 Å². The summed E-state index contributed by atoms with van der Waals surface area (Å²) >= 11 is 0. The molecule has 1 heterocycles. The topological polar surface area (TPSA) is 67.8 Å². The van der Waals surface area contributed by atoms with Crippen LogP contribution in [0.1, 0.15) is 24.5 Å². The second-order valence-corrected chi connectivity index (χ2v) is 4.64. The molecule has 0 bridgehead atoms. The van der Waals surface area contributed by atoms with Crippen LogP contribution in [-0.2, 0) is 13.1 Å². The maximum atomic E-state index is 13.3. The van der Waals surface area contributed by atoms with Gasteiger partial charge in [-0.3, -0.25) is 9.36 Å². The zero-order chi connectivity index (χ0) is 15.4. The zero-order valence-electron chi connectivity index (χ0n) is 11.5. The summed E-state index contributed by atoms with van der Waals surface area (Å²) in [6.07, 6.45) is 2.24. The first-order chi connectivity index (χ1) is 10.1. The van der Waals surface area contributed by atoms with Gasteiger partial charge in [-0.05, 0) is 24.1 Å². The number of rotatable bonds is 4. The van der Waals surface area contributed by atoms with Crippen molar-refractivity contribution < 1.29 is 4.39 Å². The average Bonchev–Trinajstić information content (AvgIpc) is 2.48. The molecule has 1 aromatic carbocycles. The van der Waals surface area contributed by atoms with Crippen LogP contribution >= 0.6 is 0 Å². The van der Waals surface area contributed by atoms with Gasteiger partial charge >= 0.3 is 5.69 Å². The summed E-state index contributed by atoms with van der Waals surface area (Å²) in [5.74, 6) is -0.620. The fourth-order valence-electron chi connectivity index (χ4n) is 2.05. The standard InChI is InChI=1S/C15H14FN3O2/c1-2-6-18-7-5-14(20)19(15(18)21)10-11-3-4-13(16)12(8-11)9-17/h3-5,7-8H,2,6,10H2,1H3. The molecule has 0 aliphatic rings. The molecule has 0 spiro atoms. The summed E-state index contributed by atoms with van der Waals surface area (Å²) in [5.41, 5.74) is -0.408. The smallest absolute Gasteiger partial charge is 0.300 e. The molecule has 0 atom stereocenters. The van der Waals surface area contributed by atoms with E-state index in [0.29, 0.717) is 12.1 Å². The predicted molar refractivity (Wildman–Crippen MR) is 75.5 cm³/mol. The van der Waals surface area contributed by atoms with E-state index in [-0.39, 0.29) is 12.1 Å².